The van der Waals surface area contributed by atoms with Gasteiger partial charge < -0.3 is 5.32 Å². The molecule has 0 atom stereocenters. The first-order valence-corrected chi connectivity index (χ1v) is 6.27. The van der Waals surface area contributed by atoms with Crippen LogP contribution in [0.2, 0.25) is 0 Å². The molecule has 3 rings (SSSR count). The third kappa shape index (κ3) is 1.95. The first-order chi connectivity index (χ1) is 9.19. The van der Waals surface area contributed by atoms with Crippen LogP contribution in [0.3, 0.4) is 0 Å². The fourth-order valence-corrected chi connectivity index (χ4v) is 2.18. The van der Waals surface area contributed by atoms with Crippen molar-refractivity contribution in [2.75, 3.05) is 12.4 Å². The van der Waals surface area contributed by atoms with E-state index in [2.05, 4.69) is 45.8 Å². The van der Waals surface area contributed by atoms with Crippen molar-refractivity contribution in [3.05, 3.63) is 47.9 Å². The maximum absolute atomic E-state index is 4.47. The van der Waals surface area contributed by atoms with E-state index in [0.29, 0.717) is 0 Å². The summed E-state index contributed by atoms with van der Waals surface area (Å²) < 4.78 is 2.09. The van der Waals surface area contributed by atoms with Gasteiger partial charge in [0.25, 0.3) is 0 Å². The van der Waals surface area contributed by atoms with Gasteiger partial charge in [-0.1, -0.05) is 0 Å². The second kappa shape index (κ2) is 4.39. The number of fused-ring (bicyclic) bond motifs is 1. The molecule has 0 aliphatic heterocycles. The van der Waals surface area contributed by atoms with Crippen LogP contribution in [-0.2, 0) is 0 Å². The van der Waals surface area contributed by atoms with E-state index in [0.717, 1.165) is 22.5 Å². The van der Waals surface area contributed by atoms with Gasteiger partial charge in [-0.2, -0.15) is 0 Å². The summed E-state index contributed by atoms with van der Waals surface area (Å²) in [5.41, 5.74) is 5.74. The van der Waals surface area contributed by atoms with Crippen LogP contribution in [0.5, 0.6) is 0 Å². The fraction of sp³-hybridized carbons (Fsp3) is 0.200. The molecule has 2 heterocycles. The van der Waals surface area contributed by atoms with E-state index in [1.807, 2.05) is 25.5 Å². The number of pyridine rings is 1. The van der Waals surface area contributed by atoms with Crippen molar-refractivity contribution in [1.29, 1.82) is 0 Å². The molecule has 0 spiro atoms. The van der Waals surface area contributed by atoms with E-state index in [1.54, 1.807) is 6.20 Å². The minimum Gasteiger partial charge on any atom is -0.373 e. The molecule has 96 valence electrons. The molecule has 0 aliphatic rings. The summed E-state index contributed by atoms with van der Waals surface area (Å²) in [6.07, 6.45) is 3.66. The predicted molar refractivity (Wildman–Crippen MR) is 77.9 cm³/mol. The van der Waals surface area contributed by atoms with Gasteiger partial charge in [-0.15, -0.1) is 0 Å². The van der Waals surface area contributed by atoms with E-state index in [9.17, 15) is 0 Å². The number of aromatic nitrogens is 3. The Hall–Kier alpha value is -2.36. The topological polar surface area (TPSA) is 42.7 Å². The molecule has 3 aromatic rings. The summed E-state index contributed by atoms with van der Waals surface area (Å²) in [4.78, 5) is 8.71. The number of anilines is 1. The molecule has 0 unspecified atom stereocenters. The lowest BCUT2D eigenvalue weighted by atomic mass is 10.1. The number of hydrogen-bond acceptors (Lipinski definition) is 3. The summed E-state index contributed by atoms with van der Waals surface area (Å²) >= 11 is 0. The van der Waals surface area contributed by atoms with Crippen molar-refractivity contribution in [3.63, 3.8) is 0 Å². The zero-order valence-electron chi connectivity index (χ0n) is 11.3. The molecule has 4 heteroatoms. The summed E-state index contributed by atoms with van der Waals surface area (Å²) in [5.74, 6) is 0.850. The Morgan fingerprint density at radius 1 is 1.05 bits per heavy atom. The van der Waals surface area contributed by atoms with Gasteiger partial charge in [-0.3, -0.25) is 4.57 Å². The molecular formula is C15H16N4. The smallest absolute Gasteiger partial charge is 0.127 e. The highest BCUT2D eigenvalue weighted by molar-refractivity contribution is 5.79. The van der Waals surface area contributed by atoms with Crippen molar-refractivity contribution in [2.45, 2.75) is 13.8 Å². The van der Waals surface area contributed by atoms with E-state index < -0.39 is 0 Å². The zero-order chi connectivity index (χ0) is 13.4. The van der Waals surface area contributed by atoms with E-state index in [4.69, 9.17) is 0 Å². The number of hydrogen-bond donors (Lipinski definition) is 1. The first-order valence-electron chi connectivity index (χ1n) is 6.27. The first kappa shape index (κ1) is 11.7. The highest BCUT2D eigenvalue weighted by Crippen LogP contribution is 2.22. The lowest BCUT2D eigenvalue weighted by Gasteiger charge is -2.07. The monoisotopic (exact) mass is 252 g/mol. The summed E-state index contributed by atoms with van der Waals surface area (Å²) in [7, 11) is 1.87. The Morgan fingerprint density at radius 3 is 2.63 bits per heavy atom. The zero-order valence-corrected chi connectivity index (χ0v) is 11.3. The predicted octanol–water partition coefficient (Wildman–Crippen LogP) is 3.08. The van der Waals surface area contributed by atoms with Gasteiger partial charge in [-0.05, 0) is 43.2 Å². The molecule has 19 heavy (non-hydrogen) atoms. The van der Waals surface area contributed by atoms with Crippen molar-refractivity contribution >= 4 is 16.9 Å². The fourth-order valence-electron chi connectivity index (χ4n) is 2.18. The molecule has 0 aliphatic carbocycles. The highest BCUT2D eigenvalue weighted by atomic mass is 15.1. The SMILES string of the molecule is CNc1cc(-n2cnc3cc(C)c(C)cc32)ccn1. The summed E-state index contributed by atoms with van der Waals surface area (Å²) in [6, 6.07) is 8.30. The van der Waals surface area contributed by atoms with Gasteiger partial charge in [0.1, 0.15) is 12.1 Å². The summed E-state index contributed by atoms with van der Waals surface area (Å²) in [5, 5.41) is 3.05. The molecule has 1 aromatic carbocycles. The second-order valence-electron chi connectivity index (χ2n) is 4.69. The molecular weight excluding hydrogens is 236 g/mol. The van der Waals surface area contributed by atoms with Crippen molar-refractivity contribution in [2.24, 2.45) is 0 Å². The van der Waals surface area contributed by atoms with Crippen LogP contribution in [0.25, 0.3) is 16.7 Å². The highest BCUT2D eigenvalue weighted by Gasteiger charge is 2.07. The Kier molecular flexibility index (Phi) is 2.71. The van der Waals surface area contributed by atoms with Crippen molar-refractivity contribution in [1.82, 2.24) is 14.5 Å². The Bertz CT molecular complexity index is 743. The quantitative estimate of drug-likeness (QED) is 0.762. The number of rotatable bonds is 2. The summed E-state index contributed by atoms with van der Waals surface area (Å²) in [6.45, 7) is 4.23. The third-order valence-corrected chi connectivity index (χ3v) is 3.44. The van der Waals surface area contributed by atoms with Gasteiger partial charge in [-0.25, -0.2) is 9.97 Å². The number of aryl methyl sites for hydroxylation is 2. The molecule has 2 aromatic heterocycles. The van der Waals surface area contributed by atoms with Crippen LogP contribution in [0.1, 0.15) is 11.1 Å². The molecule has 0 bridgehead atoms. The van der Waals surface area contributed by atoms with Gasteiger partial charge in [0.05, 0.1) is 16.7 Å². The van der Waals surface area contributed by atoms with E-state index >= 15 is 0 Å². The molecule has 0 fully saturated rings. The number of benzene rings is 1. The van der Waals surface area contributed by atoms with Crippen molar-refractivity contribution in [3.8, 4) is 5.69 Å². The maximum Gasteiger partial charge on any atom is 0.127 e. The number of nitrogens with zero attached hydrogens (tertiary/aromatic N) is 3. The van der Waals surface area contributed by atoms with Gasteiger partial charge in [0, 0.05) is 19.3 Å². The Balaban J connectivity index is 2.22. The lowest BCUT2D eigenvalue weighted by Crippen LogP contribution is -1.97. The molecule has 4 nitrogen and oxygen atoms in total. The second-order valence-corrected chi connectivity index (χ2v) is 4.69. The molecule has 1 N–H and O–H groups in total. The van der Waals surface area contributed by atoms with Crippen LogP contribution in [0.4, 0.5) is 5.82 Å². The Labute approximate surface area is 112 Å². The van der Waals surface area contributed by atoms with E-state index in [-0.39, 0.29) is 0 Å². The average molecular weight is 252 g/mol. The number of nitrogens with one attached hydrogen (secondary N) is 1. The van der Waals surface area contributed by atoms with Gasteiger partial charge in [0.15, 0.2) is 0 Å². The lowest BCUT2D eigenvalue weighted by molar-refractivity contribution is 1.08. The molecule has 0 saturated carbocycles. The molecule has 0 radical (unpaired) electrons. The maximum atomic E-state index is 4.47. The van der Waals surface area contributed by atoms with Crippen LogP contribution in [0, 0.1) is 13.8 Å². The van der Waals surface area contributed by atoms with Gasteiger partial charge in [0.2, 0.25) is 0 Å². The van der Waals surface area contributed by atoms with Crippen LogP contribution >= 0.6 is 0 Å². The largest absolute Gasteiger partial charge is 0.373 e. The van der Waals surface area contributed by atoms with Crippen LogP contribution in [-0.4, -0.2) is 21.6 Å². The average Bonchev–Trinajstić information content (AvgIpc) is 2.82. The molecule has 0 amide bonds. The minimum absolute atomic E-state index is 0.850. The Morgan fingerprint density at radius 2 is 1.84 bits per heavy atom. The van der Waals surface area contributed by atoms with Gasteiger partial charge >= 0.3 is 0 Å². The third-order valence-electron chi connectivity index (χ3n) is 3.44. The van der Waals surface area contributed by atoms with Crippen molar-refractivity contribution < 1.29 is 0 Å². The molecule has 0 saturated heterocycles. The minimum atomic E-state index is 0.850. The standard InChI is InChI=1S/C15H16N4/c1-10-6-13-14(7-11(10)2)19(9-18-13)12-4-5-17-15(8-12)16-3/h4-9H,1-3H3,(H,16,17). The van der Waals surface area contributed by atoms with Crippen LogP contribution < -0.4 is 5.32 Å². The normalized spacial score (nSPS) is 10.9. The number of imidazole rings is 1. The van der Waals surface area contributed by atoms with Crippen LogP contribution in [0.15, 0.2) is 36.8 Å². The van der Waals surface area contributed by atoms with E-state index in [1.165, 1.54) is 11.1 Å².